The molecular formula is C21H19ClN2O6. The Kier molecular flexibility index (Phi) is 6.07. The highest BCUT2D eigenvalue weighted by molar-refractivity contribution is 6.30. The minimum Gasteiger partial charge on any atom is -0.476 e. The van der Waals surface area contributed by atoms with Crippen LogP contribution in [0.4, 0.5) is 0 Å². The molecule has 0 amide bonds. The lowest BCUT2D eigenvalue weighted by Gasteiger charge is -2.24. The van der Waals surface area contributed by atoms with E-state index in [1.165, 1.54) is 25.3 Å². The Bertz CT molecular complexity index is 1150. The van der Waals surface area contributed by atoms with E-state index >= 15 is 0 Å². The summed E-state index contributed by atoms with van der Waals surface area (Å²) in [6, 6.07) is 11.0. The van der Waals surface area contributed by atoms with E-state index in [2.05, 4.69) is 14.7 Å². The van der Waals surface area contributed by atoms with Gasteiger partial charge in [-0.2, -0.15) is 0 Å². The van der Waals surface area contributed by atoms with Crippen LogP contribution in [0.2, 0.25) is 5.02 Å². The molecule has 9 heteroatoms. The van der Waals surface area contributed by atoms with E-state index < -0.39 is 23.1 Å². The quantitative estimate of drug-likeness (QED) is 0.598. The summed E-state index contributed by atoms with van der Waals surface area (Å²) < 4.78 is 15.6. The molecule has 30 heavy (non-hydrogen) atoms. The van der Waals surface area contributed by atoms with Gasteiger partial charge in [0, 0.05) is 5.02 Å². The summed E-state index contributed by atoms with van der Waals surface area (Å²) in [5.74, 6) is -0.615. The molecule has 1 heterocycles. The van der Waals surface area contributed by atoms with E-state index in [1.807, 2.05) is 0 Å². The number of nitrogens with one attached hydrogen (secondary N) is 1. The first kappa shape index (κ1) is 21.3. The lowest BCUT2D eigenvalue weighted by molar-refractivity contribution is -0.161. The Hall–Kier alpha value is -3.39. The molecule has 0 spiro atoms. The highest BCUT2D eigenvalue weighted by Gasteiger charge is 2.32. The van der Waals surface area contributed by atoms with Gasteiger partial charge in [-0.3, -0.25) is 4.79 Å². The third-order valence-corrected chi connectivity index (χ3v) is 4.45. The molecule has 1 aromatic heterocycles. The van der Waals surface area contributed by atoms with Gasteiger partial charge in [0.25, 0.3) is 5.56 Å². The zero-order valence-electron chi connectivity index (χ0n) is 16.5. The molecule has 8 nitrogen and oxygen atoms in total. The lowest BCUT2D eigenvalue weighted by Crippen LogP contribution is -2.39. The smallest absolute Gasteiger partial charge is 0.350 e. The second kappa shape index (κ2) is 8.54. The fourth-order valence-electron chi connectivity index (χ4n) is 2.65. The third kappa shape index (κ3) is 4.77. The Morgan fingerprint density at radius 3 is 2.50 bits per heavy atom. The number of ether oxygens (including phenoxy) is 3. The molecule has 3 rings (SSSR count). The molecule has 0 radical (unpaired) electrons. The SMILES string of the molecule is COC(=O)c1ccc2c(=O)[nH]c(COC(=O)C(C)(C)Oc3ccc(Cl)cc3)nc2c1. The van der Waals surface area contributed by atoms with Crippen molar-refractivity contribution in [3.8, 4) is 5.75 Å². The molecule has 0 saturated heterocycles. The molecule has 0 aliphatic rings. The van der Waals surface area contributed by atoms with Crippen molar-refractivity contribution in [2.45, 2.75) is 26.1 Å². The molecule has 2 aromatic carbocycles. The van der Waals surface area contributed by atoms with Crippen LogP contribution in [0.1, 0.15) is 30.0 Å². The van der Waals surface area contributed by atoms with Crippen LogP contribution in [0, 0.1) is 0 Å². The van der Waals surface area contributed by atoms with Gasteiger partial charge in [0.05, 0.1) is 23.6 Å². The Labute approximate surface area is 176 Å². The van der Waals surface area contributed by atoms with Crippen molar-refractivity contribution in [2.75, 3.05) is 7.11 Å². The number of aromatic nitrogens is 2. The second-order valence-electron chi connectivity index (χ2n) is 6.88. The standard InChI is InChI=1S/C21H19ClN2O6/c1-21(2,30-14-7-5-13(22)6-8-14)20(27)29-11-17-23-16-10-12(19(26)28-3)4-9-15(16)18(25)24-17/h4-10H,11H2,1-3H3,(H,23,24,25). The zero-order valence-corrected chi connectivity index (χ0v) is 17.3. The van der Waals surface area contributed by atoms with Gasteiger partial charge in [-0.1, -0.05) is 11.6 Å². The average Bonchev–Trinajstić information content (AvgIpc) is 2.72. The molecule has 0 bridgehead atoms. The minimum atomic E-state index is -1.29. The van der Waals surface area contributed by atoms with Crippen LogP contribution in [-0.4, -0.2) is 34.6 Å². The Balaban J connectivity index is 1.75. The number of fused-ring (bicyclic) bond motifs is 1. The number of nitrogens with zero attached hydrogens (tertiary/aromatic N) is 1. The van der Waals surface area contributed by atoms with Crippen LogP contribution in [0.25, 0.3) is 10.9 Å². The number of carbonyl (C=O) groups excluding carboxylic acids is 2. The van der Waals surface area contributed by atoms with Gasteiger partial charge in [0.15, 0.2) is 5.60 Å². The summed E-state index contributed by atoms with van der Waals surface area (Å²) in [7, 11) is 1.26. The van der Waals surface area contributed by atoms with E-state index in [9.17, 15) is 14.4 Å². The average molecular weight is 431 g/mol. The van der Waals surface area contributed by atoms with Crippen LogP contribution in [0.5, 0.6) is 5.75 Å². The first-order valence-electron chi connectivity index (χ1n) is 8.92. The van der Waals surface area contributed by atoms with Crippen LogP contribution >= 0.6 is 11.6 Å². The van der Waals surface area contributed by atoms with Gasteiger partial charge in [0.2, 0.25) is 0 Å². The molecule has 156 valence electrons. The first-order valence-corrected chi connectivity index (χ1v) is 9.30. The van der Waals surface area contributed by atoms with E-state index in [4.69, 9.17) is 21.1 Å². The monoisotopic (exact) mass is 430 g/mol. The Morgan fingerprint density at radius 1 is 1.13 bits per heavy atom. The van der Waals surface area contributed by atoms with Crippen molar-refractivity contribution >= 4 is 34.4 Å². The van der Waals surface area contributed by atoms with Crippen LogP contribution in [0.3, 0.4) is 0 Å². The van der Waals surface area contributed by atoms with Crippen molar-refractivity contribution in [1.82, 2.24) is 9.97 Å². The largest absolute Gasteiger partial charge is 0.476 e. The van der Waals surface area contributed by atoms with Crippen molar-refractivity contribution in [2.24, 2.45) is 0 Å². The molecular weight excluding hydrogens is 412 g/mol. The maximum atomic E-state index is 12.5. The molecule has 0 aliphatic heterocycles. The summed E-state index contributed by atoms with van der Waals surface area (Å²) >= 11 is 5.84. The van der Waals surface area contributed by atoms with E-state index in [-0.39, 0.29) is 23.5 Å². The molecule has 0 fully saturated rings. The number of rotatable bonds is 6. The van der Waals surface area contributed by atoms with Crippen molar-refractivity contribution < 1.29 is 23.8 Å². The second-order valence-corrected chi connectivity index (χ2v) is 7.31. The van der Waals surface area contributed by atoms with Gasteiger partial charge in [-0.15, -0.1) is 0 Å². The molecule has 0 unspecified atom stereocenters. The number of benzene rings is 2. The summed E-state index contributed by atoms with van der Waals surface area (Å²) in [5, 5.41) is 0.841. The third-order valence-electron chi connectivity index (χ3n) is 4.19. The summed E-state index contributed by atoms with van der Waals surface area (Å²) in [4.78, 5) is 43.3. The molecule has 0 saturated carbocycles. The van der Waals surface area contributed by atoms with Gasteiger partial charge in [0.1, 0.15) is 18.2 Å². The van der Waals surface area contributed by atoms with E-state index in [1.54, 1.807) is 38.1 Å². The normalized spacial score (nSPS) is 11.2. The fourth-order valence-corrected chi connectivity index (χ4v) is 2.77. The number of carbonyl (C=O) groups is 2. The van der Waals surface area contributed by atoms with Crippen LogP contribution < -0.4 is 10.3 Å². The first-order chi connectivity index (χ1) is 14.2. The number of esters is 2. The van der Waals surface area contributed by atoms with E-state index in [0.717, 1.165) is 0 Å². The molecule has 3 aromatic rings. The minimum absolute atomic E-state index is 0.130. The Morgan fingerprint density at radius 2 is 1.83 bits per heavy atom. The van der Waals surface area contributed by atoms with E-state index in [0.29, 0.717) is 16.2 Å². The summed E-state index contributed by atoms with van der Waals surface area (Å²) in [6.07, 6.45) is 0. The maximum absolute atomic E-state index is 12.5. The number of aromatic amines is 1. The fraction of sp³-hybridized carbons (Fsp3) is 0.238. The summed E-state index contributed by atoms with van der Waals surface area (Å²) in [6.45, 7) is 2.84. The van der Waals surface area contributed by atoms with Gasteiger partial charge >= 0.3 is 11.9 Å². The van der Waals surface area contributed by atoms with Crippen LogP contribution in [0.15, 0.2) is 47.3 Å². The predicted molar refractivity (Wildman–Crippen MR) is 110 cm³/mol. The number of halogens is 1. The number of hydrogen-bond donors (Lipinski definition) is 1. The van der Waals surface area contributed by atoms with Crippen LogP contribution in [-0.2, 0) is 20.9 Å². The number of H-pyrrole nitrogens is 1. The summed E-state index contributed by atoms with van der Waals surface area (Å²) in [5.41, 5.74) is -1.17. The highest BCUT2D eigenvalue weighted by atomic mass is 35.5. The number of methoxy groups -OCH3 is 1. The predicted octanol–water partition coefficient (Wildman–Crippen LogP) is 3.26. The zero-order chi connectivity index (χ0) is 21.9. The molecule has 0 atom stereocenters. The topological polar surface area (TPSA) is 108 Å². The van der Waals surface area contributed by atoms with Crippen molar-refractivity contribution in [3.05, 3.63) is 69.2 Å². The van der Waals surface area contributed by atoms with Crippen molar-refractivity contribution in [3.63, 3.8) is 0 Å². The molecule has 1 N–H and O–H groups in total. The maximum Gasteiger partial charge on any atom is 0.350 e. The van der Waals surface area contributed by atoms with Crippen molar-refractivity contribution in [1.29, 1.82) is 0 Å². The molecule has 0 aliphatic carbocycles. The highest BCUT2D eigenvalue weighted by Crippen LogP contribution is 2.22. The van der Waals surface area contributed by atoms with Gasteiger partial charge < -0.3 is 19.2 Å². The van der Waals surface area contributed by atoms with Gasteiger partial charge in [-0.25, -0.2) is 14.6 Å². The number of hydrogen-bond acceptors (Lipinski definition) is 7. The lowest BCUT2D eigenvalue weighted by atomic mass is 10.1. The van der Waals surface area contributed by atoms with Gasteiger partial charge in [-0.05, 0) is 56.3 Å².